The highest BCUT2D eigenvalue weighted by Crippen LogP contribution is 2.38. The molecule has 0 saturated heterocycles. The SMILES string of the molecule is CC/C=C\C/C=C\C/C=C\C/C=C\C/C=C\C/C=C\C/C=C\CCCCCCCCCC(=O)OC(COC(=O)CCCCCCCC/C=C\C/C=C\C/C=C\CCCCC)COP(=O)([O-])OCC[N+](C)(C)C. The number of hydrogen-bond acceptors (Lipinski definition) is 8. The number of phosphoric acid groups is 1. The number of phosphoric ester groups is 1. The smallest absolute Gasteiger partial charge is 0.306 e. The van der Waals surface area contributed by atoms with Gasteiger partial charge in [-0.15, -0.1) is 0 Å². The van der Waals surface area contributed by atoms with Crippen LogP contribution in [0.15, 0.2) is 122 Å². The Bertz CT molecular complexity index is 1630. The van der Waals surface area contributed by atoms with Gasteiger partial charge >= 0.3 is 11.9 Å². The molecule has 0 bridgehead atoms. The van der Waals surface area contributed by atoms with Crippen molar-refractivity contribution < 1.29 is 42.1 Å². The van der Waals surface area contributed by atoms with Gasteiger partial charge in [0.15, 0.2) is 6.10 Å². The van der Waals surface area contributed by atoms with Gasteiger partial charge in [0.2, 0.25) is 0 Å². The summed E-state index contributed by atoms with van der Waals surface area (Å²) in [6, 6.07) is 0. The Kier molecular flexibility index (Phi) is 49.7. The van der Waals surface area contributed by atoms with E-state index in [1.165, 1.54) is 38.5 Å². The molecule has 2 atom stereocenters. The normalized spacial score (nSPS) is 14.2. The Labute approximate surface area is 441 Å². The van der Waals surface area contributed by atoms with Gasteiger partial charge in [0.1, 0.15) is 19.8 Å². The lowest BCUT2D eigenvalue weighted by atomic mass is 10.1. The molecule has 0 rings (SSSR count). The summed E-state index contributed by atoms with van der Waals surface area (Å²) in [5.74, 6) is -0.870. The summed E-state index contributed by atoms with van der Waals surface area (Å²) >= 11 is 0. The van der Waals surface area contributed by atoms with Crippen LogP contribution in [-0.2, 0) is 32.7 Å². The van der Waals surface area contributed by atoms with Crippen LogP contribution in [0.2, 0.25) is 0 Å². The van der Waals surface area contributed by atoms with Gasteiger partial charge in [-0.3, -0.25) is 14.2 Å². The summed E-state index contributed by atoms with van der Waals surface area (Å²) in [4.78, 5) is 37.8. The van der Waals surface area contributed by atoms with E-state index in [0.29, 0.717) is 23.9 Å². The lowest BCUT2D eigenvalue weighted by molar-refractivity contribution is -0.870. The molecule has 2 unspecified atom stereocenters. The van der Waals surface area contributed by atoms with Crippen molar-refractivity contribution in [2.75, 3.05) is 47.5 Å². The van der Waals surface area contributed by atoms with Crippen LogP contribution in [0.4, 0.5) is 0 Å². The molecule has 410 valence electrons. The highest BCUT2D eigenvalue weighted by Gasteiger charge is 2.21. The van der Waals surface area contributed by atoms with Gasteiger partial charge in [-0.1, -0.05) is 206 Å². The average Bonchev–Trinajstić information content (AvgIpc) is 3.34. The quantitative estimate of drug-likeness (QED) is 0.0195. The topological polar surface area (TPSA) is 111 Å². The largest absolute Gasteiger partial charge is 0.756 e. The molecule has 72 heavy (non-hydrogen) atoms. The molecule has 0 heterocycles. The summed E-state index contributed by atoms with van der Waals surface area (Å²) in [6.07, 6.45) is 73.7. The molecule has 0 aliphatic rings. The highest BCUT2D eigenvalue weighted by molar-refractivity contribution is 7.45. The van der Waals surface area contributed by atoms with E-state index in [0.717, 1.165) is 128 Å². The van der Waals surface area contributed by atoms with Crippen molar-refractivity contribution >= 4 is 19.8 Å². The number of rotatable bonds is 50. The molecule has 0 saturated carbocycles. The summed E-state index contributed by atoms with van der Waals surface area (Å²) in [5, 5.41) is 0. The highest BCUT2D eigenvalue weighted by atomic mass is 31.2. The van der Waals surface area contributed by atoms with E-state index >= 15 is 0 Å². The van der Waals surface area contributed by atoms with Crippen LogP contribution in [-0.4, -0.2) is 70.0 Å². The second-order valence-corrected chi connectivity index (χ2v) is 21.0. The zero-order valence-electron chi connectivity index (χ0n) is 46.3. The van der Waals surface area contributed by atoms with E-state index in [-0.39, 0.29) is 26.1 Å². The van der Waals surface area contributed by atoms with E-state index in [2.05, 4.69) is 135 Å². The molecule has 0 spiro atoms. The third kappa shape index (κ3) is 55.7. The number of unbranched alkanes of at least 4 members (excludes halogenated alkanes) is 16. The van der Waals surface area contributed by atoms with Gasteiger partial charge in [-0.2, -0.15) is 0 Å². The van der Waals surface area contributed by atoms with Crippen LogP contribution >= 0.6 is 7.82 Å². The fraction of sp³-hybridized carbons (Fsp3) is 0.645. The van der Waals surface area contributed by atoms with Crippen molar-refractivity contribution in [1.82, 2.24) is 0 Å². The van der Waals surface area contributed by atoms with E-state index in [4.69, 9.17) is 18.5 Å². The third-order valence-corrected chi connectivity index (χ3v) is 12.4. The lowest BCUT2D eigenvalue weighted by Gasteiger charge is -2.28. The van der Waals surface area contributed by atoms with Crippen molar-refractivity contribution in [2.45, 2.75) is 213 Å². The Morgan fingerprint density at radius 3 is 1.18 bits per heavy atom. The first-order chi connectivity index (χ1) is 35.0. The molecular weight excluding hydrogens is 918 g/mol. The van der Waals surface area contributed by atoms with Crippen molar-refractivity contribution in [3.63, 3.8) is 0 Å². The molecule has 0 aromatic heterocycles. The van der Waals surface area contributed by atoms with Crippen LogP contribution in [0.1, 0.15) is 206 Å². The Hall–Kier alpha value is -3.59. The van der Waals surface area contributed by atoms with E-state index in [9.17, 15) is 19.0 Å². The summed E-state index contributed by atoms with van der Waals surface area (Å²) in [6.45, 7) is 4.05. The summed E-state index contributed by atoms with van der Waals surface area (Å²) < 4.78 is 34.1. The molecule has 0 aliphatic heterocycles. The van der Waals surface area contributed by atoms with Gasteiger partial charge < -0.3 is 27.9 Å². The number of carbonyl (C=O) groups is 2. The average molecular weight is 1020 g/mol. The van der Waals surface area contributed by atoms with Crippen molar-refractivity contribution in [3.05, 3.63) is 122 Å². The van der Waals surface area contributed by atoms with Crippen LogP contribution in [0.5, 0.6) is 0 Å². The fourth-order valence-electron chi connectivity index (χ4n) is 7.11. The maximum Gasteiger partial charge on any atom is 0.306 e. The second kappa shape index (κ2) is 52.3. The molecule has 0 amide bonds. The lowest BCUT2D eigenvalue weighted by Crippen LogP contribution is -2.37. The number of hydrogen-bond donors (Lipinski definition) is 0. The Morgan fingerprint density at radius 2 is 0.792 bits per heavy atom. The standard InChI is InChI=1S/C62H104NO8P/c1-6-8-10-12-14-16-18-20-22-24-26-27-28-29-30-31-32-33-34-35-37-39-41-43-45-47-49-51-53-55-62(65)71-60(59-70-72(66,67)69-57-56-63(3,4)5)58-68-61(64)54-52-50-48-46-44-42-40-38-36-25-23-21-19-17-15-13-11-9-7-2/h8,10,14-17,20-23,26-27,29-30,32-33,35-38,60H,6-7,9,11-13,18-19,24-25,28,31,34,39-59H2,1-5H3/b10-8-,16-14-,17-15-,22-20-,23-21-,27-26-,30-29-,33-32-,37-35-,38-36-. The first-order valence-corrected chi connectivity index (χ1v) is 29.7. The first kappa shape index (κ1) is 68.4. The van der Waals surface area contributed by atoms with Gasteiger partial charge in [-0.05, 0) is 109 Å². The van der Waals surface area contributed by atoms with Gasteiger partial charge in [-0.25, -0.2) is 0 Å². The molecule has 0 fully saturated rings. The maximum absolute atomic E-state index is 12.8. The summed E-state index contributed by atoms with van der Waals surface area (Å²) in [5.41, 5.74) is 0. The van der Waals surface area contributed by atoms with Crippen molar-refractivity contribution in [3.8, 4) is 0 Å². The third-order valence-electron chi connectivity index (χ3n) is 11.5. The molecule has 9 nitrogen and oxygen atoms in total. The number of nitrogens with zero attached hydrogens (tertiary/aromatic N) is 1. The van der Waals surface area contributed by atoms with Crippen LogP contribution in [0.25, 0.3) is 0 Å². The minimum absolute atomic E-state index is 0.0425. The zero-order chi connectivity index (χ0) is 52.7. The van der Waals surface area contributed by atoms with E-state index in [1.54, 1.807) is 0 Å². The number of allylic oxidation sites excluding steroid dienone is 20. The number of quaternary nitrogens is 1. The fourth-order valence-corrected chi connectivity index (χ4v) is 7.84. The molecule has 0 aromatic rings. The Morgan fingerprint density at radius 1 is 0.444 bits per heavy atom. The Balaban J connectivity index is 4.27. The minimum atomic E-state index is -4.65. The van der Waals surface area contributed by atoms with Crippen LogP contribution < -0.4 is 4.89 Å². The van der Waals surface area contributed by atoms with Crippen LogP contribution in [0.3, 0.4) is 0 Å². The number of ether oxygens (including phenoxy) is 2. The maximum atomic E-state index is 12.8. The first-order valence-electron chi connectivity index (χ1n) is 28.2. The predicted octanol–water partition coefficient (Wildman–Crippen LogP) is 17.0. The summed E-state index contributed by atoms with van der Waals surface area (Å²) in [7, 11) is 1.13. The molecule has 0 radical (unpaired) electrons. The van der Waals surface area contributed by atoms with Crippen molar-refractivity contribution in [1.29, 1.82) is 0 Å². The number of esters is 2. The van der Waals surface area contributed by atoms with Gasteiger partial charge in [0.25, 0.3) is 7.82 Å². The van der Waals surface area contributed by atoms with Gasteiger partial charge in [0.05, 0.1) is 27.7 Å². The minimum Gasteiger partial charge on any atom is -0.756 e. The molecule has 0 N–H and O–H groups in total. The van der Waals surface area contributed by atoms with E-state index < -0.39 is 32.5 Å². The van der Waals surface area contributed by atoms with Crippen LogP contribution in [0, 0.1) is 0 Å². The van der Waals surface area contributed by atoms with E-state index in [1.807, 2.05) is 21.1 Å². The van der Waals surface area contributed by atoms with Crippen molar-refractivity contribution in [2.24, 2.45) is 0 Å². The predicted molar refractivity (Wildman–Crippen MR) is 305 cm³/mol. The number of carbonyl (C=O) groups excluding carboxylic acids is 2. The molecule has 0 aliphatic carbocycles. The zero-order valence-corrected chi connectivity index (χ0v) is 47.2. The second-order valence-electron chi connectivity index (χ2n) is 19.6. The number of likely N-dealkylation sites (N-methyl/N-ethyl adjacent to an activating group) is 1. The van der Waals surface area contributed by atoms with Gasteiger partial charge in [0, 0.05) is 12.8 Å². The molecule has 0 aromatic carbocycles. The molecular formula is C62H104NO8P. The molecule has 10 heteroatoms. The monoisotopic (exact) mass is 1020 g/mol.